The van der Waals surface area contributed by atoms with Crippen LogP contribution in [-0.2, 0) is 6.54 Å². The highest BCUT2D eigenvalue weighted by Crippen LogP contribution is 2.36. The van der Waals surface area contributed by atoms with Crippen molar-refractivity contribution < 1.29 is 9.18 Å². The van der Waals surface area contributed by atoms with Crippen molar-refractivity contribution in [2.75, 3.05) is 0 Å². The van der Waals surface area contributed by atoms with Gasteiger partial charge in [-0.2, -0.15) is 0 Å². The molecule has 2 aromatic heterocycles. The summed E-state index contributed by atoms with van der Waals surface area (Å²) >= 11 is 0. The summed E-state index contributed by atoms with van der Waals surface area (Å²) < 4.78 is 13.4. The van der Waals surface area contributed by atoms with E-state index in [9.17, 15) is 9.18 Å². The average Bonchev–Trinajstić information content (AvgIpc) is 3.27. The summed E-state index contributed by atoms with van der Waals surface area (Å²) in [6.07, 6.45) is 3.67. The van der Waals surface area contributed by atoms with Crippen LogP contribution in [0.25, 0.3) is 33.3 Å². The molecule has 0 saturated heterocycles. The monoisotopic (exact) mass is 343 g/mol. The lowest BCUT2D eigenvalue weighted by Crippen LogP contribution is -2.12. The van der Waals surface area contributed by atoms with Crippen molar-refractivity contribution in [3.63, 3.8) is 0 Å². The van der Waals surface area contributed by atoms with Crippen molar-refractivity contribution in [2.45, 2.75) is 6.54 Å². The second-order valence-electron chi connectivity index (χ2n) is 6.38. The smallest absolute Gasteiger partial charge is 0.251 e. The van der Waals surface area contributed by atoms with Crippen LogP contribution in [0, 0.1) is 5.82 Å². The number of hydrogen-bond donors (Lipinski definition) is 2. The number of benzene rings is 2. The number of halogens is 1. The Kier molecular flexibility index (Phi) is 3.15. The molecule has 0 fully saturated rings. The minimum atomic E-state index is -0.287. The summed E-state index contributed by atoms with van der Waals surface area (Å²) in [5.74, 6) is -0.362. The van der Waals surface area contributed by atoms with Crippen LogP contribution in [0.5, 0.6) is 0 Å². The molecule has 2 aromatic carbocycles. The molecule has 0 spiro atoms. The van der Waals surface area contributed by atoms with Gasteiger partial charge in [-0.25, -0.2) is 9.37 Å². The Hall–Kier alpha value is -3.47. The van der Waals surface area contributed by atoms with Crippen LogP contribution in [0.3, 0.4) is 0 Å². The fourth-order valence-corrected chi connectivity index (χ4v) is 3.47. The SMILES string of the molecule is O=C1NCc2cc(-c3cnc4[nH]ccc4c3)c(-c3ccc(F)cc3)cc21. The number of aromatic nitrogens is 2. The number of aromatic amines is 1. The normalized spacial score (nSPS) is 13.0. The van der Waals surface area contributed by atoms with Gasteiger partial charge in [0.05, 0.1) is 0 Å². The standard InChI is InChI=1S/C21H14FN3O/c22-16-3-1-12(2-4-16)18-9-19-15(11-25-21(19)26)8-17(18)14-7-13-5-6-23-20(13)24-10-14/h1-10H,11H2,(H,23,24)(H,25,26). The first-order valence-electron chi connectivity index (χ1n) is 8.33. The summed E-state index contributed by atoms with van der Waals surface area (Å²) in [5.41, 5.74) is 6.14. The first-order valence-corrected chi connectivity index (χ1v) is 8.33. The van der Waals surface area contributed by atoms with Crippen LogP contribution in [0.1, 0.15) is 15.9 Å². The minimum Gasteiger partial charge on any atom is -0.348 e. The Morgan fingerprint density at radius 3 is 2.58 bits per heavy atom. The summed E-state index contributed by atoms with van der Waals surface area (Å²) in [6.45, 7) is 0.519. The van der Waals surface area contributed by atoms with Gasteiger partial charge in [-0.1, -0.05) is 12.1 Å². The average molecular weight is 343 g/mol. The molecule has 0 atom stereocenters. The molecule has 0 radical (unpaired) electrons. The summed E-state index contributed by atoms with van der Waals surface area (Å²) in [6, 6.07) is 14.3. The molecule has 1 aliphatic rings. The second-order valence-corrected chi connectivity index (χ2v) is 6.38. The number of rotatable bonds is 2. The molecule has 1 aliphatic heterocycles. The van der Waals surface area contributed by atoms with Crippen molar-refractivity contribution >= 4 is 16.9 Å². The van der Waals surface area contributed by atoms with E-state index in [0.717, 1.165) is 38.9 Å². The van der Waals surface area contributed by atoms with Gasteiger partial charge in [0, 0.05) is 35.5 Å². The van der Waals surface area contributed by atoms with E-state index < -0.39 is 0 Å². The molecular formula is C21H14FN3O. The molecule has 4 nitrogen and oxygen atoms in total. The Morgan fingerprint density at radius 2 is 1.73 bits per heavy atom. The number of nitrogens with one attached hydrogen (secondary N) is 2. The first-order chi connectivity index (χ1) is 12.7. The summed E-state index contributed by atoms with van der Waals surface area (Å²) in [7, 11) is 0. The zero-order valence-electron chi connectivity index (χ0n) is 13.7. The molecule has 0 unspecified atom stereocenters. The van der Waals surface area contributed by atoms with E-state index in [1.807, 2.05) is 30.6 Å². The van der Waals surface area contributed by atoms with Gasteiger partial charge in [-0.15, -0.1) is 0 Å². The van der Waals surface area contributed by atoms with Crippen molar-refractivity contribution in [1.29, 1.82) is 0 Å². The number of nitrogens with zero attached hydrogens (tertiary/aromatic N) is 1. The van der Waals surface area contributed by atoms with Crippen molar-refractivity contribution in [2.24, 2.45) is 0 Å². The van der Waals surface area contributed by atoms with E-state index in [2.05, 4.69) is 21.4 Å². The molecule has 0 aliphatic carbocycles. The predicted molar refractivity (Wildman–Crippen MR) is 98.1 cm³/mol. The molecule has 4 aromatic rings. The van der Waals surface area contributed by atoms with Gasteiger partial charge in [0.15, 0.2) is 0 Å². The lowest BCUT2D eigenvalue weighted by Gasteiger charge is -2.13. The van der Waals surface area contributed by atoms with Crippen LogP contribution in [0.2, 0.25) is 0 Å². The van der Waals surface area contributed by atoms with Crippen LogP contribution >= 0.6 is 0 Å². The summed E-state index contributed by atoms with van der Waals surface area (Å²) in [5, 5.41) is 3.87. The van der Waals surface area contributed by atoms with E-state index >= 15 is 0 Å². The fourth-order valence-electron chi connectivity index (χ4n) is 3.47. The van der Waals surface area contributed by atoms with Gasteiger partial charge in [0.2, 0.25) is 0 Å². The molecule has 0 bridgehead atoms. The quantitative estimate of drug-likeness (QED) is 0.571. The molecule has 2 N–H and O–H groups in total. The highest BCUT2D eigenvalue weighted by molar-refractivity contribution is 6.02. The fraction of sp³-hybridized carbons (Fsp3) is 0.0476. The molecule has 26 heavy (non-hydrogen) atoms. The molecule has 126 valence electrons. The third-order valence-corrected chi connectivity index (χ3v) is 4.79. The number of H-pyrrole nitrogens is 1. The predicted octanol–water partition coefficient (Wildman–Crippen LogP) is 4.28. The van der Waals surface area contributed by atoms with Crippen molar-refractivity contribution in [3.8, 4) is 22.3 Å². The van der Waals surface area contributed by atoms with Gasteiger partial charge in [0.1, 0.15) is 11.5 Å². The van der Waals surface area contributed by atoms with Gasteiger partial charge in [-0.05, 0) is 58.7 Å². The van der Waals surface area contributed by atoms with Crippen LogP contribution in [0.15, 0.2) is 60.9 Å². The van der Waals surface area contributed by atoms with E-state index in [-0.39, 0.29) is 11.7 Å². The van der Waals surface area contributed by atoms with E-state index in [1.54, 1.807) is 12.1 Å². The maximum atomic E-state index is 13.4. The Balaban J connectivity index is 1.77. The lowest BCUT2D eigenvalue weighted by atomic mass is 9.91. The molecule has 3 heterocycles. The van der Waals surface area contributed by atoms with Crippen molar-refractivity contribution in [1.82, 2.24) is 15.3 Å². The lowest BCUT2D eigenvalue weighted by molar-refractivity contribution is 0.0966. The topological polar surface area (TPSA) is 57.8 Å². The summed E-state index contributed by atoms with van der Waals surface area (Å²) in [4.78, 5) is 19.7. The highest BCUT2D eigenvalue weighted by Gasteiger charge is 2.22. The number of pyridine rings is 1. The van der Waals surface area contributed by atoms with Crippen LogP contribution in [0.4, 0.5) is 4.39 Å². The van der Waals surface area contributed by atoms with Crippen LogP contribution in [-0.4, -0.2) is 15.9 Å². The Morgan fingerprint density at radius 1 is 0.923 bits per heavy atom. The van der Waals surface area contributed by atoms with Gasteiger partial charge in [-0.3, -0.25) is 4.79 Å². The van der Waals surface area contributed by atoms with Gasteiger partial charge < -0.3 is 10.3 Å². The molecular weight excluding hydrogens is 329 g/mol. The van der Waals surface area contributed by atoms with E-state index in [1.165, 1.54) is 12.1 Å². The minimum absolute atomic E-state index is 0.0749. The zero-order chi connectivity index (χ0) is 17.7. The molecule has 5 rings (SSSR count). The maximum Gasteiger partial charge on any atom is 0.251 e. The third-order valence-electron chi connectivity index (χ3n) is 4.79. The Labute approximate surface area is 148 Å². The van der Waals surface area contributed by atoms with Gasteiger partial charge >= 0.3 is 0 Å². The first kappa shape index (κ1) is 14.8. The number of hydrogen-bond acceptors (Lipinski definition) is 2. The van der Waals surface area contributed by atoms with Crippen LogP contribution < -0.4 is 5.32 Å². The highest BCUT2D eigenvalue weighted by atomic mass is 19.1. The third kappa shape index (κ3) is 2.29. The van der Waals surface area contributed by atoms with Gasteiger partial charge in [0.25, 0.3) is 5.91 Å². The Bertz CT molecular complexity index is 1160. The molecule has 0 saturated carbocycles. The molecule has 5 heteroatoms. The number of carbonyl (C=O) groups is 1. The number of fused-ring (bicyclic) bond motifs is 2. The maximum absolute atomic E-state index is 13.4. The van der Waals surface area contributed by atoms with E-state index in [0.29, 0.717) is 12.1 Å². The molecule has 1 amide bonds. The number of carbonyl (C=O) groups excluding carboxylic acids is 1. The largest absolute Gasteiger partial charge is 0.348 e. The zero-order valence-corrected chi connectivity index (χ0v) is 13.7. The number of amides is 1. The second kappa shape index (κ2) is 5.52. The van der Waals surface area contributed by atoms with Crippen molar-refractivity contribution in [3.05, 3.63) is 77.9 Å². The van der Waals surface area contributed by atoms with E-state index in [4.69, 9.17) is 0 Å².